The van der Waals surface area contributed by atoms with Crippen molar-refractivity contribution in [1.29, 1.82) is 0 Å². The van der Waals surface area contributed by atoms with E-state index in [4.69, 9.17) is 4.98 Å². The Balaban J connectivity index is 1.66. The van der Waals surface area contributed by atoms with E-state index in [1.54, 1.807) is 11.8 Å². The summed E-state index contributed by atoms with van der Waals surface area (Å²) in [6.07, 6.45) is -1.63. The molecule has 0 atom stereocenters. The van der Waals surface area contributed by atoms with E-state index >= 15 is 0 Å². The van der Waals surface area contributed by atoms with Gasteiger partial charge in [-0.25, -0.2) is 0 Å². The van der Waals surface area contributed by atoms with Gasteiger partial charge in [-0.2, -0.15) is 13.2 Å². The van der Waals surface area contributed by atoms with Crippen LogP contribution in [0.4, 0.5) is 13.2 Å². The SMILES string of the molecule is CC(C)(C)Cc1c2c(cc3ccccc13)-c1nccc3c1c(cc1cccc(CC(C)(C)C(F)(F)F)c13)S2. The lowest BCUT2D eigenvalue weighted by atomic mass is 9.82. The van der Waals surface area contributed by atoms with Gasteiger partial charge in [-0.1, -0.05) is 88.8 Å². The zero-order chi connectivity index (χ0) is 27.0. The summed E-state index contributed by atoms with van der Waals surface area (Å²) in [5, 5.41) is 6.32. The van der Waals surface area contributed by atoms with Crippen molar-refractivity contribution < 1.29 is 13.2 Å². The number of rotatable bonds is 3. The molecule has 0 saturated heterocycles. The monoisotopic (exact) mass is 529 g/mol. The number of halogens is 3. The second-order valence-electron chi connectivity index (χ2n) is 12.3. The number of aromatic nitrogens is 1. The van der Waals surface area contributed by atoms with Gasteiger partial charge in [0.15, 0.2) is 0 Å². The lowest BCUT2D eigenvalue weighted by molar-refractivity contribution is -0.210. The average Bonchev–Trinajstić information content (AvgIpc) is 2.83. The van der Waals surface area contributed by atoms with Gasteiger partial charge in [-0.05, 0) is 74.5 Å². The molecule has 0 bridgehead atoms. The summed E-state index contributed by atoms with van der Waals surface area (Å²) in [6.45, 7) is 9.36. The minimum Gasteiger partial charge on any atom is -0.256 e. The summed E-state index contributed by atoms with van der Waals surface area (Å²) >= 11 is 1.78. The van der Waals surface area contributed by atoms with E-state index in [2.05, 4.69) is 57.2 Å². The predicted molar refractivity (Wildman–Crippen MR) is 153 cm³/mol. The van der Waals surface area contributed by atoms with Crippen molar-refractivity contribution in [2.75, 3.05) is 0 Å². The molecule has 1 aliphatic heterocycles. The van der Waals surface area contributed by atoms with Crippen molar-refractivity contribution >= 4 is 44.1 Å². The number of benzene rings is 4. The van der Waals surface area contributed by atoms with Crippen molar-refractivity contribution in [1.82, 2.24) is 4.98 Å². The number of hydrogen-bond donors (Lipinski definition) is 0. The second-order valence-corrected chi connectivity index (χ2v) is 13.4. The summed E-state index contributed by atoms with van der Waals surface area (Å²) in [4.78, 5) is 7.23. The standard InChI is InChI=1S/C33H30F3NS/c1-31(2,3)18-25-22-12-7-6-9-19(22)15-24-29-28-23(13-14-37-29)27-20(16-26(28)38-30(24)25)10-8-11-21(27)17-32(4,5)33(34,35)36/h6-16H,17-18H2,1-5H3. The quantitative estimate of drug-likeness (QED) is 0.212. The summed E-state index contributed by atoms with van der Waals surface area (Å²) in [5.74, 6) is 0. The fourth-order valence-electron chi connectivity index (χ4n) is 5.72. The molecule has 5 aromatic rings. The minimum absolute atomic E-state index is 0.0793. The van der Waals surface area contributed by atoms with Gasteiger partial charge in [0.2, 0.25) is 0 Å². The number of pyridine rings is 1. The van der Waals surface area contributed by atoms with Gasteiger partial charge in [-0.15, -0.1) is 0 Å². The normalized spacial score (nSPS) is 13.9. The van der Waals surface area contributed by atoms with E-state index < -0.39 is 11.6 Å². The molecular formula is C33H30F3NS. The summed E-state index contributed by atoms with van der Waals surface area (Å²) < 4.78 is 41.6. The Morgan fingerprint density at radius 3 is 2.24 bits per heavy atom. The first-order chi connectivity index (χ1) is 17.8. The van der Waals surface area contributed by atoms with E-state index in [1.807, 2.05) is 30.5 Å². The Kier molecular flexibility index (Phi) is 5.63. The van der Waals surface area contributed by atoms with Crippen LogP contribution in [0.5, 0.6) is 0 Å². The lowest BCUT2D eigenvalue weighted by Gasteiger charge is -2.29. The van der Waals surface area contributed by atoms with Crippen LogP contribution in [0.25, 0.3) is 43.6 Å². The fraction of sp³-hybridized carbons (Fsp3) is 0.303. The Hall–Kier alpha value is -3.05. The Bertz CT molecular complexity index is 1740. The van der Waals surface area contributed by atoms with Crippen molar-refractivity contribution in [3.63, 3.8) is 0 Å². The average molecular weight is 530 g/mol. The molecule has 0 spiro atoms. The first kappa shape index (κ1) is 25.2. The van der Waals surface area contributed by atoms with E-state index in [1.165, 1.54) is 35.1 Å². The van der Waals surface area contributed by atoms with Gasteiger partial charge in [0.25, 0.3) is 0 Å². The Labute approximate surface area is 225 Å². The third-order valence-electron chi connectivity index (χ3n) is 7.61. The van der Waals surface area contributed by atoms with Crippen molar-refractivity contribution in [3.8, 4) is 11.3 Å². The summed E-state index contributed by atoms with van der Waals surface area (Å²) in [6, 6.07) is 20.6. The van der Waals surface area contributed by atoms with Crippen LogP contribution in [0, 0.1) is 10.8 Å². The van der Waals surface area contributed by atoms with E-state index in [0.717, 1.165) is 49.7 Å². The van der Waals surface area contributed by atoms with Gasteiger partial charge >= 0.3 is 6.18 Å². The zero-order valence-corrected chi connectivity index (χ0v) is 23.1. The molecule has 194 valence electrons. The highest BCUT2D eigenvalue weighted by Gasteiger charge is 2.47. The van der Waals surface area contributed by atoms with Crippen LogP contribution in [0.2, 0.25) is 0 Å². The maximum absolute atomic E-state index is 13.9. The first-order valence-electron chi connectivity index (χ1n) is 13.0. The molecule has 0 N–H and O–H groups in total. The third kappa shape index (κ3) is 4.07. The third-order valence-corrected chi connectivity index (χ3v) is 8.83. The number of alkyl halides is 3. The number of hydrogen-bond acceptors (Lipinski definition) is 2. The fourth-order valence-corrected chi connectivity index (χ4v) is 7.01. The van der Waals surface area contributed by atoms with Crippen molar-refractivity contribution in [2.24, 2.45) is 10.8 Å². The van der Waals surface area contributed by atoms with Gasteiger partial charge in [-0.3, -0.25) is 4.98 Å². The molecule has 5 heteroatoms. The van der Waals surface area contributed by atoms with E-state index in [-0.39, 0.29) is 11.8 Å². The summed E-state index contributed by atoms with van der Waals surface area (Å²) in [5.41, 5.74) is 2.35. The molecule has 2 heterocycles. The first-order valence-corrected chi connectivity index (χ1v) is 13.8. The van der Waals surface area contributed by atoms with Crippen LogP contribution in [-0.2, 0) is 12.8 Å². The number of nitrogens with zero attached hydrogens (tertiary/aromatic N) is 1. The molecule has 1 aromatic heterocycles. The van der Waals surface area contributed by atoms with Crippen LogP contribution < -0.4 is 0 Å². The molecule has 0 saturated carbocycles. The van der Waals surface area contributed by atoms with E-state index in [0.29, 0.717) is 0 Å². The molecule has 0 aliphatic carbocycles. The Morgan fingerprint density at radius 1 is 0.763 bits per heavy atom. The molecule has 4 aromatic carbocycles. The highest BCUT2D eigenvalue weighted by Crippen LogP contribution is 2.53. The largest absolute Gasteiger partial charge is 0.394 e. The predicted octanol–water partition coefficient (Wildman–Crippen LogP) is 10.4. The van der Waals surface area contributed by atoms with Crippen molar-refractivity contribution in [3.05, 3.63) is 78.0 Å². The molecule has 0 amide bonds. The molecule has 0 radical (unpaired) electrons. The molecule has 0 unspecified atom stereocenters. The number of fused-ring (bicyclic) bond motifs is 5. The molecule has 1 nitrogen and oxygen atoms in total. The van der Waals surface area contributed by atoms with Crippen LogP contribution in [-0.4, -0.2) is 11.2 Å². The van der Waals surface area contributed by atoms with Crippen LogP contribution in [0.3, 0.4) is 0 Å². The maximum atomic E-state index is 13.9. The minimum atomic E-state index is -4.29. The molecule has 1 aliphatic rings. The van der Waals surface area contributed by atoms with Gasteiger partial charge in [0.1, 0.15) is 0 Å². The molecular weight excluding hydrogens is 499 g/mol. The maximum Gasteiger partial charge on any atom is 0.394 e. The van der Waals surface area contributed by atoms with E-state index in [9.17, 15) is 13.2 Å². The molecule has 38 heavy (non-hydrogen) atoms. The topological polar surface area (TPSA) is 12.9 Å². The molecule has 6 rings (SSSR count). The second kappa shape index (κ2) is 8.47. The van der Waals surface area contributed by atoms with Crippen LogP contribution in [0.1, 0.15) is 45.7 Å². The smallest absolute Gasteiger partial charge is 0.256 e. The van der Waals surface area contributed by atoms with Crippen LogP contribution in [0.15, 0.2) is 76.7 Å². The molecule has 0 fully saturated rings. The van der Waals surface area contributed by atoms with Crippen molar-refractivity contribution in [2.45, 2.75) is 63.4 Å². The summed E-state index contributed by atoms with van der Waals surface area (Å²) in [7, 11) is 0. The highest BCUT2D eigenvalue weighted by molar-refractivity contribution is 8.00. The van der Waals surface area contributed by atoms with Gasteiger partial charge in [0.05, 0.1) is 11.1 Å². The highest BCUT2D eigenvalue weighted by atomic mass is 32.2. The van der Waals surface area contributed by atoms with Gasteiger partial charge < -0.3 is 0 Å². The zero-order valence-electron chi connectivity index (χ0n) is 22.3. The Morgan fingerprint density at radius 2 is 1.50 bits per heavy atom. The van der Waals surface area contributed by atoms with Gasteiger partial charge in [0, 0.05) is 26.9 Å². The lowest BCUT2D eigenvalue weighted by Crippen LogP contribution is -2.34. The van der Waals surface area contributed by atoms with Crippen LogP contribution >= 0.6 is 11.8 Å².